The largest absolute Gasteiger partial charge is 0.356 e. The van der Waals surface area contributed by atoms with Crippen molar-refractivity contribution in [1.29, 1.82) is 0 Å². The first-order valence-corrected chi connectivity index (χ1v) is 8.01. The number of amides is 2. The lowest BCUT2D eigenvalue weighted by Crippen LogP contribution is -2.33. The minimum atomic E-state index is 0.0878. The van der Waals surface area contributed by atoms with Crippen molar-refractivity contribution in [3.05, 3.63) is 0 Å². The van der Waals surface area contributed by atoms with E-state index in [1.54, 1.807) is 0 Å². The van der Waals surface area contributed by atoms with Crippen molar-refractivity contribution in [2.75, 3.05) is 32.7 Å². The maximum absolute atomic E-state index is 11.8. The van der Waals surface area contributed by atoms with E-state index >= 15 is 0 Å². The number of hydrogen-bond acceptors (Lipinski definition) is 3. The van der Waals surface area contributed by atoms with Gasteiger partial charge in [0.25, 0.3) is 0 Å². The summed E-state index contributed by atoms with van der Waals surface area (Å²) in [5.41, 5.74) is 0. The summed E-state index contributed by atoms with van der Waals surface area (Å²) in [4.78, 5) is 25.4. The molecule has 0 bridgehead atoms. The highest BCUT2D eigenvalue weighted by atomic mass is 16.2. The molecule has 2 aliphatic rings. The molecule has 0 saturated carbocycles. The summed E-state index contributed by atoms with van der Waals surface area (Å²) in [6.45, 7) is 4.42. The molecule has 1 unspecified atom stereocenters. The molecule has 0 spiro atoms. The Morgan fingerprint density at radius 2 is 1.95 bits per heavy atom. The molecule has 2 amide bonds. The summed E-state index contributed by atoms with van der Waals surface area (Å²) in [5.74, 6) is 0.907. The Balaban J connectivity index is 1.52. The number of nitrogens with zero attached hydrogens (tertiary/aromatic N) is 1. The highest BCUT2D eigenvalue weighted by Crippen LogP contribution is 2.15. The summed E-state index contributed by atoms with van der Waals surface area (Å²) in [7, 11) is 0. The molecule has 2 rings (SSSR count). The molecule has 0 radical (unpaired) electrons. The van der Waals surface area contributed by atoms with E-state index < -0.39 is 0 Å². The fourth-order valence-electron chi connectivity index (χ4n) is 3.03. The van der Waals surface area contributed by atoms with E-state index in [1.165, 1.54) is 12.8 Å². The fourth-order valence-corrected chi connectivity index (χ4v) is 3.03. The predicted molar refractivity (Wildman–Crippen MR) is 78.3 cm³/mol. The number of hydrogen-bond donors (Lipinski definition) is 2. The van der Waals surface area contributed by atoms with Gasteiger partial charge in [-0.2, -0.15) is 0 Å². The number of likely N-dealkylation sites (tertiary alicyclic amines) is 1. The van der Waals surface area contributed by atoms with Crippen LogP contribution in [0.2, 0.25) is 0 Å². The van der Waals surface area contributed by atoms with Crippen LogP contribution in [0.25, 0.3) is 0 Å². The maximum Gasteiger partial charge on any atom is 0.224 e. The molecule has 114 valence electrons. The summed E-state index contributed by atoms with van der Waals surface area (Å²) in [5, 5.41) is 6.24. The van der Waals surface area contributed by atoms with Crippen LogP contribution in [0.5, 0.6) is 0 Å². The van der Waals surface area contributed by atoms with Crippen LogP contribution in [-0.4, -0.2) is 49.4 Å². The van der Waals surface area contributed by atoms with Crippen molar-refractivity contribution in [2.45, 2.75) is 44.9 Å². The van der Waals surface area contributed by atoms with Gasteiger partial charge in [0.1, 0.15) is 0 Å². The molecular weight excluding hydrogens is 254 g/mol. The van der Waals surface area contributed by atoms with Crippen molar-refractivity contribution in [1.82, 2.24) is 15.5 Å². The third kappa shape index (κ3) is 5.12. The van der Waals surface area contributed by atoms with Gasteiger partial charge in [0.2, 0.25) is 11.8 Å². The zero-order chi connectivity index (χ0) is 14.2. The monoisotopic (exact) mass is 281 g/mol. The Hall–Kier alpha value is -1.10. The van der Waals surface area contributed by atoms with Gasteiger partial charge in [0.15, 0.2) is 0 Å². The van der Waals surface area contributed by atoms with Crippen LogP contribution in [0.4, 0.5) is 0 Å². The molecular formula is C15H27N3O2. The number of carbonyl (C=O) groups excluding carboxylic acids is 2. The summed E-state index contributed by atoms with van der Waals surface area (Å²) < 4.78 is 0. The molecule has 0 aromatic carbocycles. The van der Waals surface area contributed by atoms with Crippen molar-refractivity contribution in [2.24, 2.45) is 5.92 Å². The van der Waals surface area contributed by atoms with Gasteiger partial charge in [0, 0.05) is 32.5 Å². The van der Waals surface area contributed by atoms with E-state index in [2.05, 4.69) is 10.6 Å². The smallest absolute Gasteiger partial charge is 0.224 e. The van der Waals surface area contributed by atoms with E-state index in [0.717, 1.165) is 45.4 Å². The van der Waals surface area contributed by atoms with Crippen LogP contribution in [0.15, 0.2) is 0 Å². The van der Waals surface area contributed by atoms with Crippen LogP contribution in [0.3, 0.4) is 0 Å². The second kappa shape index (κ2) is 8.25. The quantitative estimate of drug-likeness (QED) is 0.760. The first-order valence-electron chi connectivity index (χ1n) is 8.01. The van der Waals surface area contributed by atoms with Gasteiger partial charge in [-0.25, -0.2) is 0 Å². The molecule has 0 aliphatic carbocycles. The third-order valence-electron chi connectivity index (χ3n) is 4.30. The molecule has 20 heavy (non-hydrogen) atoms. The minimum Gasteiger partial charge on any atom is -0.356 e. The van der Waals surface area contributed by atoms with E-state index in [9.17, 15) is 9.59 Å². The van der Waals surface area contributed by atoms with E-state index in [0.29, 0.717) is 25.3 Å². The number of rotatable bonds is 6. The Bertz CT molecular complexity index is 321. The highest BCUT2D eigenvalue weighted by molar-refractivity contribution is 5.79. The molecule has 1 atom stereocenters. The topological polar surface area (TPSA) is 61.4 Å². The van der Waals surface area contributed by atoms with Crippen molar-refractivity contribution < 1.29 is 9.59 Å². The minimum absolute atomic E-state index is 0.0878. The zero-order valence-electron chi connectivity index (χ0n) is 12.3. The average Bonchev–Trinajstić information content (AvgIpc) is 3.00. The van der Waals surface area contributed by atoms with Crippen LogP contribution in [-0.2, 0) is 9.59 Å². The molecule has 0 aromatic rings. The molecule has 5 nitrogen and oxygen atoms in total. The normalized spacial score (nSPS) is 22.8. The molecule has 2 heterocycles. The summed E-state index contributed by atoms with van der Waals surface area (Å²) in [6.07, 6.45) is 6.67. The van der Waals surface area contributed by atoms with Gasteiger partial charge in [-0.3, -0.25) is 9.59 Å². The van der Waals surface area contributed by atoms with Crippen molar-refractivity contribution in [3.8, 4) is 0 Å². The van der Waals surface area contributed by atoms with Gasteiger partial charge in [-0.1, -0.05) is 0 Å². The van der Waals surface area contributed by atoms with Crippen molar-refractivity contribution >= 4 is 11.8 Å². The second-order valence-electron chi connectivity index (χ2n) is 5.94. The van der Waals surface area contributed by atoms with Gasteiger partial charge in [-0.15, -0.1) is 0 Å². The first-order chi connectivity index (χ1) is 9.75. The maximum atomic E-state index is 11.8. The zero-order valence-corrected chi connectivity index (χ0v) is 12.3. The lowest BCUT2D eigenvalue weighted by Gasteiger charge is -2.22. The van der Waals surface area contributed by atoms with Crippen LogP contribution in [0, 0.1) is 5.92 Å². The standard InChI is InChI=1S/C15H27N3O2/c19-14(6-5-13-4-3-8-16-12-13)17-9-7-15(20)18-10-1-2-11-18/h13,16H,1-12H2,(H,17,19). The lowest BCUT2D eigenvalue weighted by molar-refractivity contribution is -0.130. The van der Waals surface area contributed by atoms with E-state index in [1.807, 2.05) is 4.90 Å². The van der Waals surface area contributed by atoms with Crippen LogP contribution < -0.4 is 10.6 Å². The lowest BCUT2D eigenvalue weighted by atomic mass is 9.94. The van der Waals surface area contributed by atoms with Gasteiger partial charge in [-0.05, 0) is 51.1 Å². The summed E-state index contributed by atoms with van der Waals surface area (Å²) >= 11 is 0. The average molecular weight is 281 g/mol. The molecule has 2 saturated heterocycles. The predicted octanol–water partition coefficient (Wildman–Crippen LogP) is 0.895. The van der Waals surface area contributed by atoms with Crippen molar-refractivity contribution in [3.63, 3.8) is 0 Å². The Morgan fingerprint density at radius 1 is 1.15 bits per heavy atom. The van der Waals surface area contributed by atoms with Gasteiger partial charge in [0.05, 0.1) is 0 Å². The summed E-state index contributed by atoms with van der Waals surface area (Å²) in [6, 6.07) is 0. The number of piperidine rings is 1. The van der Waals surface area contributed by atoms with Crippen LogP contribution >= 0.6 is 0 Å². The molecule has 2 aliphatic heterocycles. The van der Waals surface area contributed by atoms with Gasteiger partial charge < -0.3 is 15.5 Å². The fraction of sp³-hybridized carbons (Fsp3) is 0.867. The van der Waals surface area contributed by atoms with Gasteiger partial charge >= 0.3 is 0 Å². The Morgan fingerprint density at radius 3 is 2.65 bits per heavy atom. The highest BCUT2D eigenvalue weighted by Gasteiger charge is 2.18. The van der Waals surface area contributed by atoms with Crippen LogP contribution in [0.1, 0.15) is 44.9 Å². The SMILES string of the molecule is O=C(CCC1CCCNC1)NCCC(=O)N1CCCC1. The van der Waals surface area contributed by atoms with E-state index in [-0.39, 0.29) is 11.8 Å². The third-order valence-corrected chi connectivity index (χ3v) is 4.30. The molecule has 2 fully saturated rings. The second-order valence-corrected chi connectivity index (χ2v) is 5.94. The van der Waals surface area contributed by atoms with E-state index in [4.69, 9.17) is 0 Å². The Kier molecular flexibility index (Phi) is 6.30. The number of nitrogens with one attached hydrogen (secondary N) is 2. The number of carbonyl (C=O) groups is 2. The first kappa shape index (κ1) is 15.3. The molecule has 5 heteroatoms. The molecule has 0 aromatic heterocycles. The molecule has 2 N–H and O–H groups in total. The Labute approximate surface area is 121 Å².